The molecular formula is C28H42N2O. The molecule has 0 aliphatic heterocycles. The van der Waals surface area contributed by atoms with E-state index >= 15 is 0 Å². The molecule has 170 valence electrons. The Labute approximate surface area is 190 Å². The molecule has 1 saturated carbocycles. The first-order valence-electron chi connectivity index (χ1n) is 12.7. The van der Waals surface area contributed by atoms with Crippen molar-refractivity contribution in [1.29, 1.82) is 0 Å². The number of hydrogen-bond donors (Lipinski definition) is 0. The van der Waals surface area contributed by atoms with E-state index in [0.29, 0.717) is 0 Å². The number of benzene rings is 1. The molecule has 0 N–H and O–H groups in total. The highest BCUT2D eigenvalue weighted by Gasteiger charge is 2.21. The number of ether oxygens (including phenoxy) is 1. The minimum Gasteiger partial charge on any atom is -0.496 e. The van der Waals surface area contributed by atoms with E-state index in [2.05, 4.69) is 29.0 Å². The van der Waals surface area contributed by atoms with Gasteiger partial charge in [-0.2, -0.15) is 0 Å². The third-order valence-electron chi connectivity index (χ3n) is 7.15. The van der Waals surface area contributed by atoms with E-state index in [9.17, 15) is 0 Å². The van der Waals surface area contributed by atoms with E-state index in [1.807, 2.05) is 18.3 Å². The van der Waals surface area contributed by atoms with Gasteiger partial charge in [0.2, 0.25) is 0 Å². The molecule has 3 heteroatoms. The van der Waals surface area contributed by atoms with Crippen LogP contribution in [0.2, 0.25) is 0 Å². The van der Waals surface area contributed by atoms with Crippen LogP contribution in [0, 0.1) is 11.8 Å². The normalized spacial score (nSPS) is 18.8. The third-order valence-corrected chi connectivity index (χ3v) is 7.15. The summed E-state index contributed by atoms with van der Waals surface area (Å²) in [4.78, 5) is 8.92. The smallest absolute Gasteiger partial charge is 0.128 e. The second-order valence-corrected chi connectivity index (χ2v) is 9.43. The molecular weight excluding hydrogens is 380 g/mol. The van der Waals surface area contributed by atoms with Crippen LogP contribution in [0.5, 0.6) is 5.75 Å². The minimum atomic E-state index is 0.857. The fourth-order valence-electron chi connectivity index (χ4n) is 5.18. The fraction of sp³-hybridized carbons (Fsp3) is 0.643. The van der Waals surface area contributed by atoms with Gasteiger partial charge in [0.1, 0.15) is 12.1 Å². The second kappa shape index (κ2) is 13.5. The molecule has 1 aliphatic carbocycles. The van der Waals surface area contributed by atoms with Crippen molar-refractivity contribution < 1.29 is 4.74 Å². The summed E-state index contributed by atoms with van der Waals surface area (Å²) >= 11 is 0. The molecule has 1 fully saturated rings. The summed E-state index contributed by atoms with van der Waals surface area (Å²) in [5.41, 5.74) is 3.35. The summed E-state index contributed by atoms with van der Waals surface area (Å²) in [7, 11) is 1.73. The lowest BCUT2D eigenvalue weighted by atomic mass is 9.77. The van der Waals surface area contributed by atoms with Crippen molar-refractivity contribution in [1.82, 2.24) is 9.97 Å². The van der Waals surface area contributed by atoms with Crippen molar-refractivity contribution in [3.05, 3.63) is 42.4 Å². The highest BCUT2D eigenvalue weighted by atomic mass is 16.5. The van der Waals surface area contributed by atoms with Gasteiger partial charge in [-0.1, -0.05) is 96.1 Å². The molecule has 1 aliphatic rings. The molecule has 0 unspecified atom stereocenters. The molecule has 31 heavy (non-hydrogen) atoms. The lowest BCUT2D eigenvalue weighted by molar-refractivity contribution is 0.248. The fourth-order valence-corrected chi connectivity index (χ4v) is 5.18. The molecule has 0 bridgehead atoms. The Balaban J connectivity index is 1.41. The zero-order valence-electron chi connectivity index (χ0n) is 19.8. The Morgan fingerprint density at radius 2 is 1.55 bits per heavy atom. The van der Waals surface area contributed by atoms with Gasteiger partial charge >= 0.3 is 0 Å². The van der Waals surface area contributed by atoms with Gasteiger partial charge < -0.3 is 4.74 Å². The Bertz CT molecular complexity index is 752. The number of para-hydroxylation sites is 1. The van der Waals surface area contributed by atoms with E-state index in [-0.39, 0.29) is 0 Å². The van der Waals surface area contributed by atoms with E-state index in [1.54, 1.807) is 13.4 Å². The van der Waals surface area contributed by atoms with Crippen LogP contribution < -0.4 is 4.74 Å². The maximum absolute atomic E-state index is 5.57. The number of nitrogens with zero attached hydrogens (tertiary/aromatic N) is 2. The standard InChI is InChI=1S/C28H42N2O/c1-3-4-5-6-7-8-9-12-23-15-17-24(18-16-23)19-20-25-21-29-22-30-28(25)26-13-10-11-14-27(26)31-2/h10-11,13-14,21-24H,3-9,12,15-20H2,1-2H3. The van der Waals surface area contributed by atoms with Crippen LogP contribution in [0.1, 0.15) is 96.0 Å². The predicted molar refractivity (Wildman–Crippen MR) is 130 cm³/mol. The highest BCUT2D eigenvalue weighted by Crippen LogP contribution is 2.36. The maximum atomic E-state index is 5.57. The quantitative estimate of drug-likeness (QED) is 0.306. The van der Waals surface area contributed by atoms with Crippen molar-refractivity contribution in [3.8, 4) is 17.0 Å². The van der Waals surface area contributed by atoms with Crippen molar-refractivity contribution in [2.45, 2.75) is 96.8 Å². The summed E-state index contributed by atoms with van der Waals surface area (Å²) in [6.45, 7) is 2.29. The zero-order chi connectivity index (χ0) is 21.7. The van der Waals surface area contributed by atoms with Crippen molar-refractivity contribution in [3.63, 3.8) is 0 Å². The summed E-state index contributed by atoms with van der Waals surface area (Å²) in [5, 5.41) is 0. The van der Waals surface area contributed by atoms with Crippen molar-refractivity contribution in [2.24, 2.45) is 11.8 Å². The first kappa shape index (κ1) is 23.8. The molecule has 3 rings (SSSR count). The average Bonchev–Trinajstić information content (AvgIpc) is 2.83. The predicted octanol–water partition coefficient (Wildman–Crippen LogP) is 8.03. The van der Waals surface area contributed by atoms with Crippen LogP contribution in [0.15, 0.2) is 36.8 Å². The Morgan fingerprint density at radius 3 is 2.29 bits per heavy atom. The molecule has 3 nitrogen and oxygen atoms in total. The molecule has 1 aromatic heterocycles. The maximum Gasteiger partial charge on any atom is 0.128 e. The number of aryl methyl sites for hydroxylation is 1. The summed E-state index contributed by atoms with van der Waals surface area (Å²) in [6.07, 6.45) is 23.1. The first-order valence-corrected chi connectivity index (χ1v) is 12.7. The van der Waals surface area contributed by atoms with Gasteiger partial charge in [-0.3, -0.25) is 0 Å². The number of methoxy groups -OCH3 is 1. The van der Waals surface area contributed by atoms with Gasteiger partial charge in [0, 0.05) is 11.8 Å². The lowest BCUT2D eigenvalue weighted by Crippen LogP contribution is -2.15. The van der Waals surface area contributed by atoms with E-state index in [4.69, 9.17) is 4.74 Å². The molecule has 0 radical (unpaired) electrons. The summed E-state index contributed by atoms with van der Waals surface area (Å²) < 4.78 is 5.57. The highest BCUT2D eigenvalue weighted by molar-refractivity contribution is 5.69. The van der Waals surface area contributed by atoms with Crippen molar-refractivity contribution >= 4 is 0 Å². The number of hydrogen-bond acceptors (Lipinski definition) is 3. The van der Waals surface area contributed by atoms with E-state index in [1.165, 1.54) is 89.0 Å². The summed E-state index contributed by atoms with van der Waals surface area (Å²) in [6, 6.07) is 8.16. The summed E-state index contributed by atoms with van der Waals surface area (Å²) in [5.74, 6) is 2.72. The Hall–Kier alpha value is -1.90. The molecule has 0 spiro atoms. The van der Waals surface area contributed by atoms with Crippen LogP contribution in [-0.2, 0) is 6.42 Å². The van der Waals surface area contributed by atoms with Crippen LogP contribution in [0.3, 0.4) is 0 Å². The molecule has 1 aromatic carbocycles. The van der Waals surface area contributed by atoms with Gasteiger partial charge in [-0.25, -0.2) is 9.97 Å². The molecule has 0 saturated heterocycles. The molecule has 2 aromatic rings. The SMILES string of the molecule is CCCCCCCCCC1CCC(CCc2cncnc2-c2ccccc2OC)CC1. The average molecular weight is 423 g/mol. The number of unbranched alkanes of at least 4 members (excludes halogenated alkanes) is 6. The van der Waals surface area contributed by atoms with Gasteiger partial charge in [0.05, 0.1) is 12.8 Å². The van der Waals surface area contributed by atoms with Crippen LogP contribution in [-0.4, -0.2) is 17.1 Å². The minimum absolute atomic E-state index is 0.857. The number of aromatic nitrogens is 2. The van der Waals surface area contributed by atoms with Gasteiger partial charge in [0.25, 0.3) is 0 Å². The molecule has 0 atom stereocenters. The van der Waals surface area contributed by atoms with Crippen LogP contribution >= 0.6 is 0 Å². The van der Waals surface area contributed by atoms with Crippen LogP contribution in [0.25, 0.3) is 11.3 Å². The van der Waals surface area contributed by atoms with Gasteiger partial charge in [-0.15, -0.1) is 0 Å². The number of rotatable bonds is 13. The van der Waals surface area contributed by atoms with Gasteiger partial charge in [-0.05, 0) is 42.4 Å². The van der Waals surface area contributed by atoms with E-state index in [0.717, 1.165) is 35.3 Å². The van der Waals surface area contributed by atoms with Crippen LogP contribution in [0.4, 0.5) is 0 Å². The second-order valence-electron chi connectivity index (χ2n) is 9.43. The Kier molecular flexibility index (Phi) is 10.3. The van der Waals surface area contributed by atoms with E-state index < -0.39 is 0 Å². The zero-order valence-corrected chi connectivity index (χ0v) is 19.8. The third kappa shape index (κ3) is 7.63. The monoisotopic (exact) mass is 422 g/mol. The topological polar surface area (TPSA) is 35.0 Å². The first-order chi connectivity index (χ1) is 15.3. The largest absolute Gasteiger partial charge is 0.496 e. The molecule has 0 amide bonds. The lowest BCUT2D eigenvalue weighted by Gasteiger charge is -2.28. The van der Waals surface area contributed by atoms with Crippen molar-refractivity contribution in [2.75, 3.05) is 7.11 Å². The Morgan fingerprint density at radius 1 is 0.871 bits per heavy atom. The molecule has 1 heterocycles. The van der Waals surface area contributed by atoms with Gasteiger partial charge in [0.15, 0.2) is 0 Å².